The van der Waals surface area contributed by atoms with Crippen LogP contribution in [-0.4, -0.2) is 11.5 Å². The van der Waals surface area contributed by atoms with Crippen molar-refractivity contribution in [1.82, 2.24) is 0 Å². The number of nitro groups is 1. The molecule has 0 radical (unpaired) electrons. The Bertz CT molecular complexity index is 645. The molecule has 0 aliphatic carbocycles. The standard InChI is InChI=1S/C15H14BrNO4/c1-2-9-20-13-7-4-8-14(15(13)17(18)19)21-12-6-3-5-11(16)10-12/h3-8,10H,2,9H2,1H3. The minimum Gasteiger partial charge on any atom is -0.487 e. The Morgan fingerprint density at radius 1 is 1.19 bits per heavy atom. The molecule has 2 aromatic rings. The van der Waals surface area contributed by atoms with Gasteiger partial charge in [0.15, 0.2) is 0 Å². The molecule has 0 saturated heterocycles. The highest BCUT2D eigenvalue weighted by molar-refractivity contribution is 9.10. The van der Waals surface area contributed by atoms with Crippen molar-refractivity contribution in [3.63, 3.8) is 0 Å². The second-order valence-electron chi connectivity index (χ2n) is 4.27. The molecule has 0 spiro atoms. The topological polar surface area (TPSA) is 61.6 Å². The van der Waals surface area contributed by atoms with Crippen molar-refractivity contribution in [3.8, 4) is 17.2 Å². The Labute approximate surface area is 130 Å². The van der Waals surface area contributed by atoms with Crippen LogP contribution in [0.5, 0.6) is 17.2 Å². The molecule has 0 aliphatic rings. The Hall–Kier alpha value is -2.08. The molecule has 0 aliphatic heterocycles. The first kappa shape index (κ1) is 15.3. The van der Waals surface area contributed by atoms with E-state index in [0.29, 0.717) is 12.4 Å². The van der Waals surface area contributed by atoms with E-state index in [4.69, 9.17) is 9.47 Å². The summed E-state index contributed by atoms with van der Waals surface area (Å²) in [6, 6.07) is 11.9. The zero-order chi connectivity index (χ0) is 15.2. The lowest BCUT2D eigenvalue weighted by Crippen LogP contribution is -2.01. The fraction of sp³-hybridized carbons (Fsp3) is 0.200. The Morgan fingerprint density at radius 3 is 2.57 bits per heavy atom. The summed E-state index contributed by atoms with van der Waals surface area (Å²) in [7, 11) is 0. The van der Waals surface area contributed by atoms with Gasteiger partial charge in [0, 0.05) is 4.47 Å². The van der Waals surface area contributed by atoms with E-state index in [2.05, 4.69) is 15.9 Å². The maximum atomic E-state index is 11.3. The normalized spacial score (nSPS) is 10.2. The number of hydrogen-bond donors (Lipinski definition) is 0. The van der Waals surface area contributed by atoms with Gasteiger partial charge in [0.1, 0.15) is 5.75 Å². The smallest absolute Gasteiger partial charge is 0.352 e. The van der Waals surface area contributed by atoms with Gasteiger partial charge >= 0.3 is 5.69 Å². The lowest BCUT2D eigenvalue weighted by molar-refractivity contribution is -0.386. The van der Waals surface area contributed by atoms with Crippen molar-refractivity contribution in [2.75, 3.05) is 6.61 Å². The van der Waals surface area contributed by atoms with E-state index in [9.17, 15) is 10.1 Å². The Kier molecular flexibility index (Phi) is 5.16. The molecule has 110 valence electrons. The minimum atomic E-state index is -0.488. The van der Waals surface area contributed by atoms with Crippen LogP contribution in [0.2, 0.25) is 0 Å². The third-order valence-corrected chi connectivity index (χ3v) is 3.12. The average Bonchev–Trinajstić information content (AvgIpc) is 2.45. The molecule has 0 atom stereocenters. The van der Waals surface area contributed by atoms with E-state index < -0.39 is 4.92 Å². The van der Waals surface area contributed by atoms with Gasteiger partial charge in [0.2, 0.25) is 11.5 Å². The Balaban J connectivity index is 2.36. The summed E-state index contributed by atoms with van der Waals surface area (Å²) in [6.07, 6.45) is 0.772. The van der Waals surface area contributed by atoms with E-state index in [1.54, 1.807) is 36.4 Å². The summed E-state index contributed by atoms with van der Waals surface area (Å²) in [5.74, 6) is 0.890. The number of hydrogen-bond acceptors (Lipinski definition) is 4. The third-order valence-electron chi connectivity index (χ3n) is 2.63. The number of benzene rings is 2. The summed E-state index contributed by atoms with van der Waals surface area (Å²) in [5, 5.41) is 11.3. The average molecular weight is 352 g/mol. The zero-order valence-corrected chi connectivity index (χ0v) is 13.0. The van der Waals surface area contributed by atoms with Crippen LogP contribution in [-0.2, 0) is 0 Å². The minimum absolute atomic E-state index is 0.159. The van der Waals surface area contributed by atoms with Gasteiger partial charge in [-0.15, -0.1) is 0 Å². The van der Waals surface area contributed by atoms with Crippen molar-refractivity contribution >= 4 is 21.6 Å². The largest absolute Gasteiger partial charge is 0.487 e. The molecule has 6 heteroatoms. The van der Waals surface area contributed by atoms with Crippen LogP contribution in [0.25, 0.3) is 0 Å². The van der Waals surface area contributed by atoms with Crippen LogP contribution < -0.4 is 9.47 Å². The number of nitrogens with zero attached hydrogens (tertiary/aromatic N) is 1. The second-order valence-corrected chi connectivity index (χ2v) is 5.18. The first-order chi connectivity index (χ1) is 10.1. The van der Waals surface area contributed by atoms with E-state index in [-0.39, 0.29) is 17.2 Å². The van der Waals surface area contributed by atoms with Crippen molar-refractivity contribution < 1.29 is 14.4 Å². The predicted molar refractivity (Wildman–Crippen MR) is 83.1 cm³/mol. The Morgan fingerprint density at radius 2 is 1.90 bits per heavy atom. The van der Waals surface area contributed by atoms with Crippen molar-refractivity contribution in [1.29, 1.82) is 0 Å². The predicted octanol–water partition coefficient (Wildman–Crippen LogP) is 4.94. The lowest BCUT2D eigenvalue weighted by atomic mass is 10.2. The molecule has 0 bridgehead atoms. The molecule has 2 rings (SSSR count). The van der Waals surface area contributed by atoms with Crippen LogP contribution in [0, 0.1) is 10.1 Å². The molecule has 2 aromatic carbocycles. The van der Waals surface area contributed by atoms with Gasteiger partial charge in [-0.1, -0.05) is 35.0 Å². The van der Waals surface area contributed by atoms with Gasteiger partial charge in [0.05, 0.1) is 11.5 Å². The van der Waals surface area contributed by atoms with E-state index in [0.717, 1.165) is 10.9 Å². The highest BCUT2D eigenvalue weighted by Crippen LogP contribution is 2.39. The molecular formula is C15H14BrNO4. The van der Waals surface area contributed by atoms with Gasteiger partial charge in [-0.25, -0.2) is 0 Å². The molecule has 0 fully saturated rings. The van der Waals surface area contributed by atoms with Crippen molar-refractivity contribution in [2.24, 2.45) is 0 Å². The summed E-state index contributed by atoms with van der Waals surface area (Å²) in [5.41, 5.74) is -0.161. The lowest BCUT2D eigenvalue weighted by Gasteiger charge is -2.10. The first-order valence-corrected chi connectivity index (χ1v) is 7.24. The van der Waals surface area contributed by atoms with Gasteiger partial charge in [-0.05, 0) is 36.8 Å². The van der Waals surface area contributed by atoms with Gasteiger partial charge in [-0.2, -0.15) is 0 Å². The van der Waals surface area contributed by atoms with Crippen LogP contribution >= 0.6 is 15.9 Å². The summed E-state index contributed by atoms with van der Waals surface area (Å²) in [6.45, 7) is 2.36. The molecule has 0 N–H and O–H groups in total. The molecule has 21 heavy (non-hydrogen) atoms. The SMILES string of the molecule is CCCOc1cccc(Oc2cccc(Br)c2)c1[N+](=O)[O-]. The highest BCUT2D eigenvalue weighted by atomic mass is 79.9. The summed E-state index contributed by atoms with van der Waals surface area (Å²) < 4.78 is 11.9. The zero-order valence-electron chi connectivity index (χ0n) is 11.4. The van der Waals surface area contributed by atoms with Crippen LogP contribution in [0.4, 0.5) is 5.69 Å². The molecule has 0 aromatic heterocycles. The van der Waals surface area contributed by atoms with E-state index in [1.165, 1.54) is 0 Å². The maximum Gasteiger partial charge on any atom is 0.352 e. The molecular weight excluding hydrogens is 338 g/mol. The van der Waals surface area contributed by atoms with Gasteiger partial charge < -0.3 is 9.47 Å². The number of nitro benzene ring substituents is 1. The van der Waals surface area contributed by atoms with Gasteiger partial charge in [0.25, 0.3) is 0 Å². The van der Waals surface area contributed by atoms with E-state index >= 15 is 0 Å². The van der Waals surface area contributed by atoms with Crippen LogP contribution in [0.1, 0.15) is 13.3 Å². The molecule has 5 nitrogen and oxygen atoms in total. The summed E-state index contributed by atoms with van der Waals surface area (Å²) >= 11 is 3.33. The van der Waals surface area contributed by atoms with Crippen LogP contribution in [0.15, 0.2) is 46.9 Å². The van der Waals surface area contributed by atoms with Crippen LogP contribution in [0.3, 0.4) is 0 Å². The highest BCUT2D eigenvalue weighted by Gasteiger charge is 2.22. The maximum absolute atomic E-state index is 11.3. The van der Waals surface area contributed by atoms with Gasteiger partial charge in [-0.3, -0.25) is 10.1 Å². The molecule has 0 unspecified atom stereocenters. The van der Waals surface area contributed by atoms with Crippen molar-refractivity contribution in [3.05, 3.63) is 57.1 Å². The molecule has 0 amide bonds. The number of halogens is 1. The van der Waals surface area contributed by atoms with Crippen molar-refractivity contribution in [2.45, 2.75) is 13.3 Å². The third kappa shape index (κ3) is 3.95. The fourth-order valence-electron chi connectivity index (χ4n) is 1.75. The monoisotopic (exact) mass is 351 g/mol. The van der Waals surface area contributed by atoms with E-state index in [1.807, 2.05) is 13.0 Å². The number of rotatable bonds is 6. The molecule has 0 heterocycles. The number of para-hydroxylation sites is 1. The first-order valence-electron chi connectivity index (χ1n) is 6.45. The second kappa shape index (κ2) is 7.08. The summed E-state index contributed by atoms with van der Waals surface area (Å²) in [4.78, 5) is 10.8. The fourth-order valence-corrected chi connectivity index (χ4v) is 2.13. The number of ether oxygens (including phenoxy) is 2. The molecule has 0 saturated carbocycles. The quantitative estimate of drug-likeness (QED) is 0.546.